The van der Waals surface area contributed by atoms with Gasteiger partial charge in [-0.1, -0.05) is 19.4 Å². The molecule has 0 bridgehead atoms. The predicted molar refractivity (Wildman–Crippen MR) is 113 cm³/mol. The monoisotopic (exact) mass is 394 g/mol. The number of carbonyl (C=O) groups excluding carboxylic acids is 2. The molecule has 0 aliphatic heterocycles. The van der Waals surface area contributed by atoms with E-state index in [0.717, 1.165) is 18.6 Å². The third kappa shape index (κ3) is 4.93. The minimum absolute atomic E-state index is 0.0774. The van der Waals surface area contributed by atoms with Crippen LogP contribution in [0.25, 0.3) is 5.52 Å². The molecule has 3 aromatic rings. The van der Waals surface area contributed by atoms with Gasteiger partial charge in [0.05, 0.1) is 11.6 Å². The molecule has 0 spiro atoms. The minimum Gasteiger partial charge on any atom is -0.491 e. The van der Waals surface area contributed by atoms with Gasteiger partial charge in [0.15, 0.2) is 5.69 Å². The summed E-state index contributed by atoms with van der Waals surface area (Å²) in [5.74, 6) is 0.215. The molecule has 3 rings (SSSR count). The van der Waals surface area contributed by atoms with Gasteiger partial charge in [-0.05, 0) is 56.7 Å². The number of carbonyl (C=O) groups is 2. The van der Waals surface area contributed by atoms with E-state index in [2.05, 4.69) is 22.5 Å². The Labute approximate surface area is 170 Å². The van der Waals surface area contributed by atoms with Crippen molar-refractivity contribution >= 4 is 23.0 Å². The number of unbranched alkanes of at least 4 members (excludes halogenated alkanes) is 1. The maximum Gasteiger partial charge on any atom is 0.292 e. The number of anilines is 1. The van der Waals surface area contributed by atoms with E-state index in [-0.39, 0.29) is 23.5 Å². The third-order valence-corrected chi connectivity index (χ3v) is 4.27. The van der Waals surface area contributed by atoms with Crippen LogP contribution in [-0.2, 0) is 0 Å². The van der Waals surface area contributed by atoms with E-state index >= 15 is 0 Å². The molecule has 0 atom stereocenters. The molecule has 2 amide bonds. The van der Waals surface area contributed by atoms with Gasteiger partial charge in [-0.15, -0.1) is 0 Å². The Morgan fingerprint density at radius 2 is 1.86 bits per heavy atom. The highest BCUT2D eigenvalue weighted by molar-refractivity contribution is 6.06. The van der Waals surface area contributed by atoms with Gasteiger partial charge in [-0.3, -0.25) is 14.0 Å². The van der Waals surface area contributed by atoms with E-state index in [1.807, 2.05) is 19.9 Å². The normalized spacial score (nSPS) is 10.9. The lowest BCUT2D eigenvalue weighted by molar-refractivity contribution is 0.0950. The molecule has 7 heteroatoms. The van der Waals surface area contributed by atoms with Crippen molar-refractivity contribution in [2.75, 3.05) is 11.9 Å². The van der Waals surface area contributed by atoms with Crippen molar-refractivity contribution in [3.8, 4) is 5.75 Å². The van der Waals surface area contributed by atoms with E-state index in [9.17, 15) is 9.59 Å². The van der Waals surface area contributed by atoms with E-state index < -0.39 is 5.91 Å². The molecule has 2 aromatic heterocycles. The summed E-state index contributed by atoms with van der Waals surface area (Å²) < 4.78 is 7.24. The molecule has 0 unspecified atom stereocenters. The van der Waals surface area contributed by atoms with E-state index in [4.69, 9.17) is 4.74 Å². The quantitative estimate of drug-likeness (QED) is 0.568. The number of hydrogen-bond donors (Lipinski definition) is 2. The molecule has 29 heavy (non-hydrogen) atoms. The molecule has 0 fully saturated rings. The van der Waals surface area contributed by atoms with Crippen molar-refractivity contribution < 1.29 is 14.3 Å². The van der Waals surface area contributed by atoms with Gasteiger partial charge in [-0.25, -0.2) is 4.98 Å². The lowest BCUT2D eigenvalue weighted by atomic mass is 10.3. The Morgan fingerprint density at radius 3 is 2.55 bits per heavy atom. The summed E-state index contributed by atoms with van der Waals surface area (Å²) in [6, 6.07) is 12.5. The Kier molecular flexibility index (Phi) is 6.49. The number of imidazole rings is 1. The fraction of sp³-hybridized carbons (Fsp3) is 0.318. The summed E-state index contributed by atoms with van der Waals surface area (Å²) >= 11 is 0. The lowest BCUT2D eigenvalue weighted by Gasteiger charge is -2.10. The molecule has 0 saturated carbocycles. The first-order valence-corrected chi connectivity index (χ1v) is 9.83. The first kappa shape index (κ1) is 20.4. The summed E-state index contributed by atoms with van der Waals surface area (Å²) in [7, 11) is 0. The lowest BCUT2D eigenvalue weighted by Crippen LogP contribution is -2.25. The van der Waals surface area contributed by atoms with Crippen LogP contribution in [-0.4, -0.2) is 33.8 Å². The fourth-order valence-electron chi connectivity index (χ4n) is 2.90. The SMILES string of the molecule is CCCCNC(=O)c1nc(C(=O)Nc2ccc(OC(C)C)cc2)n2ccccc12. The van der Waals surface area contributed by atoms with Crippen LogP contribution in [0, 0.1) is 0 Å². The molecule has 1 aromatic carbocycles. The van der Waals surface area contributed by atoms with Crippen molar-refractivity contribution in [3.05, 3.63) is 60.2 Å². The highest BCUT2D eigenvalue weighted by atomic mass is 16.5. The topological polar surface area (TPSA) is 84.7 Å². The number of benzene rings is 1. The second kappa shape index (κ2) is 9.23. The molecule has 152 valence electrons. The minimum atomic E-state index is -0.392. The first-order valence-electron chi connectivity index (χ1n) is 9.83. The Morgan fingerprint density at radius 1 is 1.10 bits per heavy atom. The van der Waals surface area contributed by atoms with Crippen LogP contribution >= 0.6 is 0 Å². The molecule has 2 heterocycles. The Balaban J connectivity index is 1.81. The molecule has 0 radical (unpaired) electrons. The smallest absolute Gasteiger partial charge is 0.292 e. The summed E-state index contributed by atoms with van der Waals surface area (Å²) in [6.07, 6.45) is 3.67. The number of amides is 2. The highest BCUT2D eigenvalue weighted by Gasteiger charge is 2.21. The second-order valence-corrected chi connectivity index (χ2v) is 6.99. The van der Waals surface area contributed by atoms with Gasteiger partial charge < -0.3 is 15.4 Å². The first-order chi connectivity index (χ1) is 14.0. The third-order valence-electron chi connectivity index (χ3n) is 4.27. The van der Waals surface area contributed by atoms with Crippen molar-refractivity contribution in [2.45, 2.75) is 39.7 Å². The van der Waals surface area contributed by atoms with Crippen molar-refractivity contribution in [1.82, 2.24) is 14.7 Å². The molecule has 0 saturated heterocycles. The number of fused-ring (bicyclic) bond motifs is 1. The van der Waals surface area contributed by atoms with Gasteiger partial charge >= 0.3 is 0 Å². The summed E-state index contributed by atoms with van der Waals surface area (Å²) in [5.41, 5.74) is 1.45. The van der Waals surface area contributed by atoms with Crippen LogP contribution in [0.3, 0.4) is 0 Å². The van der Waals surface area contributed by atoms with Crippen LogP contribution in [0.1, 0.15) is 54.7 Å². The average molecular weight is 394 g/mol. The number of hydrogen-bond acceptors (Lipinski definition) is 4. The van der Waals surface area contributed by atoms with Crippen LogP contribution < -0.4 is 15.4 Å². The zero-order valence-corrected chi connectivity index (χ0v) is 16.9. The van der Waals surface area contributed by atoms with Crippen molar-refractivity contribution in [2.24, 2.45) is 0 Å². The largest absolute Gasteiger partial charge is 0.491 e. The summed E-state index contributed by atoms with van der Waals surface area (Å²) in [5, 5.41) is 5.68. The molecule has 2 N–H and O–H groups in total. The van der Waals surface area contributed by atoms with Gasteiger partial charge in [0.1, 0.15) is 5.75 Å². The molecular weight excluding hydrogens is 368 g/mol. The van der Waals surface area contributed by atoms with Crippen LogP contribution in [0.2, 0.25) is 0 Å². The number of rotatable bonds is 8. The predicted octanol–water partition coefficient (Wildman–Crippen LogP) is 3.90. The second-order valence-electron chi connectivity index (χ2n) is 6.99. The number of nitrogens with one attached hydrogen (secondary N) is 2. The standard InChI is InChI=1S/C22H26N4O3/c1-4-5-13-23-21(27)19-18-8-6-7-14-26(18)20(25-19)22(28)24-16-9-11-17(12-10-16)29-15(2)3/h6-12,14-15H,4-5,13H2,1-3H3,(H,23,27)(H,24,28). The van der Waals surface area contributed by atoms with Crippen LogP contribution in [0.15, 0.2) is 48.7 Å². The fourth-order valence-corrected chi connectivity index (χ4v) is 2.90. The van der Waals surface area contributed by atoms with E-state index in [1.54, 1.807) is 47.0 Å². The number of aromatic nitrogens is 2. The maximum absolute atomic E-state index is 12.8. The molecule has 7 nitrogen and oxygen atoms in total. The highest BCUT2D eigenvalue weighted by Crippen LogP contribution is 2.19. The van der Waals surface area contributed by atoms with Gasteiger partial charge in [0.2, 0.25) is 5.82 Å². The van der Waals surface area contributed by atoms with Crippen LogP contribution in [0.4, 0.5) is 5.69 Å². The van der Waals surface area contributed by atoms with Crippen molar-refractivity contribution in [3.63, 3.8) is 0 Å². The summed E-state index contributed by atoms with van der Waals surface area (Å²) in [4.78, 5) is 29.7. The number of ether oxygens (including phenoxy) is 1. The number of pyridine rings is 1. The average Bonchev–Trinajstić information content (AvgIpc) is 3.09. The zero-order valence-electron chi connectivity index (χ0n) is 16.9. The number of nitrogens with zero attached hydrogens (tertiary/aromatic N) is 2. The van der Waals surface area contributed by atoms with Gasteiger partial charge in [0.25, 0.3) is 11.8 Å². The Hall–Kier alpha value is -3.35. The Bertz CT molecular complexity index is 993. The zero-order chi connectivity index (χ0) is 20.8. The summed E-state index contributed by atoms with van der Waals surface area (Å²) in [6.45, 7) is 6.54. The van der Waals surface area contributed by atoms with E-state index in [1.165, 1.54) is 0 Å². The van der Waals surface area contributed by atoms with Crippen molar-refractivity contribution in [1.29, 1.82) is 0 Å². The van der Waals surface area contributed by atoms with E-state index in [0.29, 0.717) is 17.7 Å². The van der Waals surface area contributed by atoms with Crippen LogP contribution in [0.5, 0.6) is 5.75 Å². The maximum atomic E-state index is 12.8. The molecular formula is C22H26N4O3. The molecule has 0 aliphatic rings. The van der Waals surface area contributed by atoms with Gasteiger partial charge in [-0.2, -0.15) is 0 Å². The van der Waals surface area contributed by atoms with Gasteiger partial charge in [0, 0.05) is 18.4 Å². The molecule has 0 aliphatic carbocycles.